The zero-order chi connectivity index (χ0) is 13.8. The number of nitrogens with zero attached hydrogens (tertiary/aromatic N) is 2. The standard InChI is InChI=1S/C14H21N3O2/c1-15-8-11-9-17(10-14(18)16(11)2)12-6-4-5-7-13(12)19-3/h4-7,11,15H,8-10H2,1-3H3. The van der Waals surface area contributed by atoms with Gasteiger partial charge in [0.05, 0.1) is 25.4 Å². The van der Waals surface area contributed by atoms with Crippen molar-refractivity contribution in [2.24, 2.45) is 0 Å². The molecule has 1 aliphatic rings. The van der Waals surface area contributed by atoms with Gasteiger partial charge in [-0.05, 0) is 19.2 Å². The lowest BCUT2D eigenvalue weighted by Crippen LogP contribution is -2.57. The molecule has 0 bridgehead atoms. The molecule has 1 heterocycles. The smallest absolute Gasteiger partial charge is 0.242 e. The van der Waals surface area contributed by atoms with Gasteiger partial charge in [-0.3, -0.25) is 4.79 Å². The van der Waals surface area contributed by atoms with Crippen molar-refractivity contribution in [2.75, 3.05) is 45.7 Å². The number of rotatable bonds is 4. The largest absolute Gasteiger partial charge is 0.495 e. The van der Waals surface area contributed by atoms with Gasteiger partial charge in [-0.2, -0.15) is 0 Å². The predicted octanol–water partition coefficient (Wildman–Crippen LogP) is 0.562. The number of likely N-dealkylation sites (N-methyl/N-ethyl adjacent to an activating group) is 2. The van der Waals surface area contributed by atoms with Crippen molar-refractivity contribution in [1.82, 2.24) is 10.2 Å². The maximum atomic E-state index is 12.1. The zero-order valence-corrected chi connectivity index (χ0v) is 11.7. The van der Waals surface area contributed by atoms with E-state index in [9.17, 15) is 4.79 Å². The van der Waals surface area contributed by atoms with Crippen LogP contribution in [0.4, 0.5) is 5.69 Å². The van der Waals surface area contributed by atoms with Crippen LogP contribution >= 0.6 is 0 Å². The van der Waals surface area contributed by atoms with Gasteiger partial charge in [-0.25, -0.2) is 0 Å². The highest BCUT2D eigenvalue weighted by molar-refractivity contribution is 5.83. The average Bonchev–Trinajstić information content (AvgIpc) is 2.43. The van der Waals surface area contributed by atoms with Crippen LogP contribution in [-0.4, -0.2) is 57.7 Å². The predicted molar refractivity (Wildman–Crippen MR) is 75.7 cm³/mol. The van der Waals surface area contributed by atoms with Gasteiger partial charge in [0.25, 0.3) is 0 Å². The van der Waals surface area contributed by atoms with Crippen LogP contribution in [0.15, 0.2) is 24.3 Å². The number of amides is 1. The number of benzene rings is 1. The van der Waals surface area contributed by atoms with E-state index in [1.165, 1.54) is 0 Å². The molecule has 1 fully saturated rings. The molecule has 0 saturated carbocycles. The average molecular weight is 263 g/mol. The van der Waals surface area contributed by atoms with Gasteiger partial charge in [0.2, 0.25) is 5.91 Å². The summed E-state index contributed by atoms with van der Waals surface area (Å²) in [6.45, 7) is 1.99. The normalized spacial score (nSPS) is 19.7. The first-order chi connectivity index (χ1) is 9.17. The van der Waals surface area contributed by atoms with Gasteiger partial charge in [0.1, 0.15) is 5.75 Å². The molecule has 1 aromatic carbocycles. The lowest BCUT2D eigenvalue weighted by atomic mass is 10.1. The number of para-hydroxylation sites is 2. The number of piperazine rings is 1. The van der Waals surface area contributed by atoms with Crippen LogP contribution < -0.4 is 15.0 Å². The van der Waals surface area contributed by atoms with Gasteiger partial charge in [-0.1, -0.05) is 12.1 Å². The molecule has 1 aliphatic heterocycles. The van der Waals surface area contributed by atoms with Crippen LogP contribution in [0, 0.1) is 0 Å². The number of hydrogen-bond acceptors (Lipinski definition) is 4. The van der Waals surface area contributed by atoms with E-state index in [4.69, 9.17) is 4.74 Å². The first-order valence-electron chi connectivity index (χ1n) is 6.45. The summed E-state index contributed by atoms with van der Waals surface area (Å²) in [6, 6.07) is 7.99. The highest BCUT2D eigenvalue weighted by atomic mass is 16.5. The number of ether oxygens (including phenoxy) is 1. The van der Waals surface area contributed by atoms with E-state index >= 15 is 0 Å². The Morgan fingerprint density at radius 3 is 2.84 bits per heavy atom. The summed E-state index contributed by atoms with van der Waals surface area (Å²) >= 11 is 0. The third-order valence-corrected chi connectivity index (χ3v) is 3.56. The third kappa shape index (κ3) is 2.81. The fourth-order valence-electron chi connectivity index (χ4n) is 2.43. The highest BCUT2D eigenvalue weighted by Gasteiger charge is 2.30. The van der Waals surface area contributed by atoms with Crippen molar-refractivity contribution >= 4 is 11.6 Å². The highest BCUT2D eigenvalue weighted by Crippen LogP contribution is 2.29. The lowest BCUT2D eigenvalue weighted by Gasteiger charge is -2.40. The number of nitrogens with one attached hydrogen (secondary N) is 1. The van der Waals surface area contributed by atoms with E-state index in [1.54, 1.807) is 7.11 Å². The molecular weight excluding hydrogens is 242 g/mol. The van der Waals surface area contributed by atoms with Crippen molar-refractivity contribution in [1.29, 1.82) is 0 Å². The second kappa shape index (κ2) is 5.93. The first-order valence-corrected chi connectivity index (χ1v) is 6.45. The fourth-order valence-corrected chi connectivity index (χ4v) is 2.43. The Morgan fingerprint density at radius 2 is 2.16 bits per heavy atom. The van der Waals surface area contributed by atoms with Crippen LogP contribution in [-0.2, 0) is 4.79 Å². The van der Waals surface area contributed by atoms with E-state index in [0.29, 0.717) is 6.54 Å². The van der Waals surface area contributed by atoms with Crippen molar-refractivity contribution in [3.8, 4) is 5.75 Å². The summed E-state index contributed by atoms with van der Waals surface area (Å²) in [6.07, 6.45) is 0. The minimum Gasteiger partial charge on any atom is -0.495 e. The molecule has 0 spiro atoms. The molecule has 5 nitrogen and oxygen atoms in total. The summed E-state index contributed by atoms with van der Waals surface area (Å²) in [5.74, 6) is 0.945. The number of carbonyl (C=O) groups is 1. The van der Waals surface area contributed by atoms with Gasteiger partial charge in [0, 0.05) is 20.1 Å². The number of carbonyl (C=O) groups excluding carboxylic acids is 1. The van der Waals surface area contributed by atoms with E-state index in [2.05, 4.69) is 10.2 Å². The minimum atomic E-state index is 0.136. The Labute approximate surface area is 114 Å². The summed E-state index contributed by atoms with van der Waals surface area (Å²) in [5.41, 5.74) is 0.979. The Hall–Kier alpha value is -1.75. The van der Waals surface area contributed by atoms with Crippen LogP contribution in [0.2, 0.25) is 0 Å². The molecule has 1 saturated heterocycles. The van der Waals surface area contributed by atoms with Crippen molar-refractivity contribution in [2.45, 2.75) is 6.04 Å². The zero-order valence-electron chi connectivity index (χ0n) is 11.7. The van der Waals surface area contributed by atoms with Crippen LogP contribution in [0.5, 0.6) is 5.75 Å². The van der Waals surface area contributed by atoms with Gasteiger partial charge in [0.15, 0.2) is 0 Å². The summed E-state index contributed by atoms with van der Waals surface area (Å²) in [4.78, 5) is 16.0. The third-order valence-electron chi connectivity index (χ3n) is 3.56. The van der Waals surface area contributed by atoms with Gasteiger partial charge in [-0.15, -0.1) is 0 Å². The molecule has 1 aromatic rings. The lowest BCUT2D eigenvalue weighted by molar-refractivity contribution is -0.131. The minimum absolute atomic E-state index is 0.136. The summed E-state index contributed by atoms with van der Waals surface area (Å²) < 4.78 is 5.37. The molecule has 104 valence electrons. The molecule has 1 amide bonds. The van der Waals surface area contributed by atoms with Crippen molar-refractivity contribution in [3.63, 3.8) is 0 Å². The molecular formula is C14H21N3O2. The van der Waals surface area contributed by atoms with E-state index < -0.39 is 0 Å². The maximum absolute atomic E-state index is 12.1. The summed E-state index contributed by atoms with van der Waals surface area (Å²) in [7, 11) is 5.42. The monoisotopic (exact) mass is 263 g/mol. The Balaban J connectivity index is 2.22. The topological polar surface area (TPSA) is 44.8 Å². The van der Waals surface area contributed by atoms with E-state index in [-0.39, 0.29) is 11.9 Å². The molecule has 2 rings (SSSR count). The van der Waals surface area contributed by atoms with E-state index in [1.807, 2.05) is 43.3 Å². The molecule has 1 N–H and O–H groups in total. The maximum Gasteiger partial charge on any atom is 0.242 e. The Morgan fingerprint density at radius 1 is 1.42 bits per heavy atom. The van der Waals surface area contributed by atoms with Crippen LogP contribution in [0.3, 0.4) is 0 Å². The first kappa shape index (κ1) is 13.7. The fraction of sp³-hybridized carbons (Fsp3) is 0.500. The molecule has 0 aliphatic carbocycles. The number of anilines is 1. The number of hydrogen-bond donors (Lipinski definition) is 1. The van der Waals surface area contributed by atoms with E-state index in [0.717, 1.165) is 24.5 Å². The van der Waals surface area contributed by atoms with Crippen LogP contribution in [0.25, 0.3) is 0 Å². The number of methoxy groups -OCH3 is 1. The Bertz CT molecular complexity index is 450. The molecule has 5 heteroatoms. The van der Waals surface area contributed by atoms with Crippen LogP contribution in [0.1, 0.15) is 0 Å². The van der Waals surface area contributed by atoms with Gasteiger partial charge >= 0.3 is 0 Å². The molecule has 0 aromatic heterocycles. The second-order valence-electron chi connectivity index (χ2n) is 4.77. The molecule has 19 heavy (non-hydrogen) atoms. The summed E-state index contributed by atoms with van der Waals surface area (Å²) in [5, 5.41) is 3.14. The Kier molecular flexibility index (Phi) is 4.27. The van der Waals surface area contributed by atoms with Gasteiger partial charge < -0.3 is 19.9 Å². The SMILES string of the molecule is CNCC1CN(c2ccccc2OC)CC(=O)N1C. The van der Waals surface area contributed by atoms with Crippen molar-refractivity contribution < 1.29 is 9.53 Å². The quantitative estimate of drug-likeness (QED) is 0.862. The van der Waals surface area contributed by atoms with Crippen molar-refractivity contribution in [3.05, 3.63) is 24.3 Å². The molecule has 1 unspecified atom stereocenters. The molecule has 0 radical (unpaired) electrons. The molecule has 1 atom stereocenters. The second-order valence-corrected chi connectivity index (χ2v) is 4.77.